The summed E-state index contributed by atoms with van der Waals surface area (Å²) in [4.78, 5) is 12.5. The summed E-state index contributed by atoms with van der Waals surface area (Å²) in [5.74, 6) is -0.185. The number of fused-ring (bicyclic) bond motifs is 1. The van der Waals surface area contributed by atoms with Crippen molar-refractivity contribution in [1.82, 2.24) is 0 Å². The van der Waals surface area contributed by atoms with Crippen LogP contribution in [0.4, 0.5) is 13.2 Å². The molecule has 0 spiro atoms. The minimum atomic E-state index is -4.79. The molecular formula is C23H15F3O5. The van der Waals surface area contributed by atoms with Gasteiger partial charge in [0.15, 0.2) is 5.43 Å². The predicted molar refractivity (Wildman–Crippen MR) is 107 cm³/mol. The maximum Gasteiger partial charge on any atom is 0.573 e. The summed E-state index contributed by atoms with van der Waals surface area (Å²) >= 11 is 0. The van der Waals surface area contributed by atoms with Crippen LogP contribution in [0, 0.1) is 0 Å². The largest absolute Gasteiger partial charge is 0.573 e. The molecule has 5 nitrogen and oxygen atoms in total. The molecule has 1 N–H and O–H groups in total. The second-order valence-corrected chi connectivity index (χ2v) is 6.64. The lowest BCUT2D eigenvalue weighted by atomic mass is 10.1. The fraction of sp³-hybridized carbons (Fsp3) is 0.0870. The average Bonchev–Trinajstić information content (AvgIpc) is 2.71. The molecule has 4 rings (SSSR count). The SMILES string of the molecule is O=c1cc(-c2ccccc2)oc2cc(OCc3cccc(OC(F)(F)F)c3)cc(O)c12. The van der Waals surface area contributed by atoms with Gasteiger partial charge in [-0.05, 0) is 17.7 Å². The Morgan fingerprint density at radius 3 is 2.42 bits per heavy atom. The zero-order chi connectivity index (χ0) is 22.0. The van der Waals surface area contributed by atoms with Gasteiger partial charge >= 0.3 is 6.36 Å². The molecule has 0 aliphatic heterocycles. The number of alkyl halides is 3. The first-order valence-corrected chi connectivity index (χ1v) is 9.12. The summed E-state index contributed by atoms with van der Waals surface area (Å²) in [6, 6.07) is 18.3. The van der Waals surface area contributed by atoms with Crippen LogP contribution < -0.4 is 14.9 Å². The van der Waals surface area contributed by atoms with Crippen LogP contribution in [0.5, 0.6) is 17.2 Å². The van der Waals surface area contributed by atoms with Crippen LogP contribution >= 0.6 is 0 Å². The molecule has 0 unspecified atom stereocenters. The number of phenols is 1. The van der Waals surface area contributed by atoms with Gasteiger partial charge in [-0.15, -0.1) is 13.2 Å². The van der Waals surface area contributed by atoms with Crippen LogP contribution in [-0.2, 0) is 6.61 Å². The minimum Gasteiger partial charge on any atom is -0.507 e. The van der Waals surface area contributed by atoms with E-state index >= 15 is 0 Å². The third-order valence-electron chi connectivity index (χ3n) is 4.38. The van der Waals surface area contributed by atoms with E-state index in [0.29, 0.717) is 16.9 Å². The number of hydrogen-bond acceptors (Lipinski definition) is 5. The highest BCUT2D eigenvalue weighted by molar-refractivity contribution is 5.86. The van der Waals surface area contributed by atoms with E-state index in [-0.39, 0.29) is 34.8 Å². The molecule has 1 heterocycles. The lowest BCUT2D eigenvalue weighted by molar-refractivity contribution is -0.274. The van der Waals surface area contributed by atoms with Gasteiger partial charge in [0.05, 0.1) is 0 Å². The molecule has 0 bridgehead atoms. The third-order valence-corrected chi connectivity index (χ3v) is 4.38. The van der Waals surface area contributed by atoms with Gasteiger partial charge in [-0.2, -0.15) is 0 Å². The van der Waals surface area contributed by atoms with Crippen LogP contribution in [0.2, 0.25) is 0 Å². The summed E-state index contributed by atoms with van der Waals surface area (Å²) in [6.07, 6.45) is -4.79. The van der Waals surface area contributed by atoms with Crippen molar-refractivity contribution in [3.05, 3.63) is 88.6 Å². The highest BCUT2D eigenvalue weighted by Gasteiger charge is 2.31. The summed E-state index contributed by atoms with van der Waals surface area (Å²) < 4.78 is 52.4. The van der Waals surface area contributed by atoms with Crippen molar-refractivity contribution < 1.29 is 32.2 Å². The maximum atomic E-state index is 12.5. The molecule has 31 heavy (non-hydrogen) atoms. The maximum absolute atomic E-state index is 12.5. The van der Waals surface area contributed by atoms with E-state index in [4.69, 9.17) is 9.15 Å². The van der Waals surface area contributed by atoms with E-state index in [1.807, 2.05) is 6.07 Å². The molecule has 0 atom stereocenters. The van der Waals surface area contributed by atoms with E-state index in [1.54, 1.807) is 30.3 Å². The second-order valence-electron chi connectivity index (χ2n) is 6.64. The number of ether oxygens (including phenoxy) is 2. The van der Waals surface area contributed by atoms with Gasteiger partial charge in [0.25, 0.3) is 0 Å². The lowest BCUT2D eigenvalue weighted by Gasteiger charge is -2.11. The quantitative estimate of drug-likeness (QED) is 0.445. The molecule has 0 aliphatic carbocycles. The zero-order valence-electron chi connectivity index (χ0n) is 15.8. The number of hydrogen-bond donors (Lipinski definition) is 1. The van der Waals surface area contributed by atoms with Crippen molar-refractivity contribution in [2.24, 2.45) is 0 Å². The summed E-state index contributed by atoms with van der Waals surface area (Å²) in [5, 5.41) is 10.3. The third kappa shape index (κ3) is 4.80. The Morgan fingerprint density at radius 1 is 0.903 bits per heavy atom. The zero-order valence-corrected chi connectivity index (χ0v) is 15.8. The van der Waals surface area contributed by atoms with E-state index in [2.05, 4.69) is 4.74 Å². The molecular weight excluding hydrogens is 413 g/mol. The molecule has 0 amide bonds. The Morgan fingerprint density at radius 2 is 1.68 bits per heavy atom. The van der Waals surface area contributed by atoms with Gasteiger partial charge in [0.2, 0.25) is 0 Å². The Kier molecular flexibility index (Phi) is 5.29. The van der Waals surface area contributed by atoms with E-state index in [9.17, 15) is 23.1 Å². The van der Waals surface area contributed by atoms with Gasteiger partial charge in [0, 0.05) is 23.8 Å². The molecule has 0 saturated heterocycles. The summed E-state index contributed by atoms with van der Waals surface area (Å²) in [5.41, 5.74) is 0.811. The highest BCUT2D eigenvalue weighted by Crippen LogP contribution is 2.31. The summed E-state index contributed by atoms with van der Waals surface area (Å²) in [6.45, 7) is -0.0946. The van der Waals surface area contributed by atoms with Crippen molar-refractivity contribution in [3.63, 3.8) is 0 Å². The summed E-state index contributed by atoms with van der Waals surface area (Å²) in [7, 11) is 0. The molecule has 158 valence electrons. The average molecular weight is 428 g/mol. The van der Waals surface area contributed by atoms with Gasteiger partial charge in [-0.25, -0.2) is 0 Å². The van der Waals surface area contributed by atoms with Crippen molar-refractivity contribution in [2.75, 3.05) is 0 Å². The van der Waals surface area contributed by atoms with Gasteiger partial charge in [0.1, 0.15) is 40.6 Å². The van der Waals surface area contributed by atoms with Crippen LogP contribution in [0.15, 0.2) is 82.0 Å². The lowest BCUT2D eigenvalue weighted by Crippen LogP contribution is -2.17. The Hall–Kier alpha value is -3.94. The fourth-order valence-corrected chi connectivity index (χ4v) is 3.07. The molecule has 0 radical (unpaired) electrons. The van der Waals surface area contributed by atoms with Gasteiger partial charge in [-0.1, -0.05) is 42.5 Å². The first kappa shape index (κ1) is 20.3. The van der Waals surface area contributed by atoms with Gasteiger partial charge < -0.3 is 19.0 Å². The number of benzene rings is 3. The van der Waals surface area contributed by atoms with Crippen molar-refractivity contribution in [1.29, 1.82) is 0 Å². The van der Waals surface area contributed by atoms with Crippen molar-refractivity contribution in [2.45, 2.75) is 13.0 Å². The first-order chi connectivity index (χ1) is 14.8. The topological polar surface area (TPSA) is 68.9 Å². The molecule has 3 aromatic carbocycles. The Balaban J connectivity index is 1.62. The standard InChI is InChI=1S/C23H15F3O5/c24-23(25,26)31-16-8-4-5-14(9-16)13-29-17-10-18(27)22-19(28)12-20(30-21(22)11-17)15-6-2-1-3-7-15/h1-12,27H,13H2. The molecule has 1 aromatic heterocycles. The number of aromatic hydroxyl groups is 1. The smallest absolute Gasteiger partial charge is 0.507 e. The molecule has 0 fully saturated rings. The van der Waals surface area contributed by atoms with Gasteiger partial charge in [-0.3, -0.25) is 4.79 Å². The first-order valence-electron chi connectivity index (χ1n) is 9.12. The van der Waals surface area contributed by atoms with E-state index in [0.717, 1.165) is 0 Å². The molecule has 0 saturated carbocycles. The van der Waals surface area contributed by atoms with Crippen LogP contribution in [0.3, 0.4) is 0 Å². The Bertz CT molecular complexity index is 1280. The van der Waals surface area contributed by atoms with Crippen molar-refractivity contribution >= 4 is 11.0 Å². The predicted octanol–water partition coefficient (Wildman–Crippen LogP) is 5.64. The number of phenolic OH excluding ortho intramolecular Hbond substituents is 1. The minimum absolute atomic E-state index is 0.00704. The highest BCUT2D eigenvalue weighted by atomic mass is 19.4. The second kappa shape index (κ2) is 8.06. The van der Waals surface area contributed by atoms with Crippen molar-refractivity contribution in [3.8, 4) is 28.6 Å². The fourth-order valence-electron chi connectivity index (χ4n) is 3.07. The van der Waals surface area contributed by atoms with Crippen LogP contribution in [0.1, 0.15) is 5.56 Å². The van der Waals surface area contributed by atoms with Crippen LogP contribution in [0.25, 0.3) is 22.3 Å². The van der Waals surface area contributed by atoms with E-state index in [1.165, 1.54) is 36.4 Å². The molecule has 8 heteroatoms. The molecule has 4 aromatic rings. The number of rotatable bonds is 5. The van der Waals surface area contributed by atoms with E-state index < -0.39 is 11.8 Å². The normalized spacial score (nSPS) is 11.5. The monoisotopic (exact) mass is 428 g/mol. The number of halogens is 3. The molecule has 0 aliphatic rings. The van der Waals surface area contributed by atoms with Crippen LogP contribution in [-0.4, -0.2) is 11.5 Å². The Labute approximate surface area is 173 Å².